The van der Waals surface area contributed by atoms with Gasteiger partial charge < -0.3 is 0 Å². The molecule has 1 heterocycles. The van der Waals surface area contributed by atoms with Crippen LogP contribution >= 0.6 is 27.7 Å². The van der Waals surface area contributed by atoms with Gasteiger partial charge in [-0.25, -0.2) is 4.98 Å². The molecule has 0 radical (unpaired) electrons. The summed E-state index contributed by atoms with van der Waals surface area (Å²) in [6, 6.07) is 7.63. The van der Waals surface area contributed by atoms with E-state index in [1.165, 1.54) is 11.8 Å². The molecule has 6 heteroatoms. The highest BCUT2D eigenvalue weighted by molar-refractivity contribution is 9.10. The van der Waals surface area contributed by atoms with Crippen molar-refractivity contribution < 1.29 is 0 Å². The van der Waals surface area contributed by atoms with E-state index in [1.54, 1.807) is 17.6 Å². The van der Waals surface area contributed by atoms with E-state index in [1.807, 2.05) is 19.1 Å². The SMILES string of the molecule is CCCn1c(S[C@@H](C)C#N)nc2ccc(Br)cc2c1=O. The van der Waals surface area contributed by atoms with Gasteiger partial charge in [-0.1, -0.05) is 34.6 Å². The highest BCUT2D eigenvalue weighted by atomic mass is 79.9. The molecule has 1 aromatic heterocycles. The zero-order chi connectivity index (χ0) is 14.7. The van der Waals surface area contributed by atoms with E-state index in [0.717, 1.165) is 10.9 Å². The number of hydrogen-bond acceptors (Lipinski definition) is 4. The second kappa shape index (κ2) is 6.42. The molecule has 0 amide bonds. The molecule has 1 aromatic carbocycles. The number of nitriles is 1. The molecular weight excluding hydrogens is 338 g/mol. The lowest BCUT2D eigenvalue weighted by Crippen LogP contribution is -2.23. The summed E-state index contributed by atoms with van der Waals surface area (Å²) in [5.41, 5.74) is 0.615. The minimum atomic E-state index is -0.238. The standard InChI is InChI=1S/C14H14BrN3OS/c1-3-6-18-13(19)11-7-10(15)4-5-12(11)17-14(18)20-9(2)8-16/h4-5,7,9H,3,6H2,1-2H3/t9-/m0/s1. The van der Waals surface area contributed by atoms with Gasteiger partial charge in [-0.3, -0.25) is 9.36 Å². The summed E-state index contributed by atoms with van der Waals surface area (Å²) in [5, 5.41) is 9.92. The Bertz CT molecular complexity index is 736. The Hall–Kier alpha value is -1.32. The van der Waals surface area contributed by atoms with Gasteiger partial charge in [0.15, 0.2) is 5.16 Å². The molecule has 0 saturated carbocycles. The van der Waals surface area contributed by atoms with Gasteiger partial charge >= 0.3 is 0 Å². The van der Waals surface area contributed by atoms with Crippen LogP contribution in [0.1, 0.15) is 20.3 Å². The molecule has 0 aliphatic rings. The predicted octanol–water partition coefficient (Wildman–Crippen LogP) is 3.57. The number of halogens is 1. The minimum absolute atomic E-state index is 0.0502. The van der Waals surface area contributed by atoms with Crippen molar-refractivity contribution in [2.45, 2.75) is 37.2 Å². The lowest BCUT2D eigenvalue weighted by atomic mass is 10.2. The van der Waals surface area contributed by atoms with Crippen molar-refractivity contribution in [3.63, 3.8) is 0 Å². The van der Waals surface area contributed by atoms with E-state index in [0.29, 0.717) is 22.6 Å². The van der Waals surface area contributed by atoms with Crippen molar-refractivity contribution in [2.75, 3.05) is 0 Å². The summed E-state index contributed by atoms with van der Waals surface area (Å²) in [5.74, 6) is 0. The molecule has 0 N–H and O–H groups in total. The van der Waals surface area contributed by atoms with E-state index in [-0.39, 0.29) is 10.8 Å². The predicted molar refractivity (Wildman–Crippen MR) is 84.9 cm³/mol. The van der Waals surface area contributed by atoms with Crippen LogP contribution < -0.4 is 5.56 Å². The molecule has 0 fully saturated rings. The maximum absolute atomic E-state index is 12.6. The summed E-state index contributed by atoms with van der Waals surface area (Å²) in [4.78, 5) is 17.1. The van der Waals surface area contributed by atoms with Crippen molar-refractivity contribution >= 4 is 38.6 Å². The Morgan fingerprint density at radius 2 is 2.30 bits per heavy atom. The van der Waals surface area contributed by atoms with Crippen LogP contribution in [0.15, 0.2) is 32.6 Å². The number of hydrogen-bond donors (Lipinski definition) is 0. The number of fused-ring (bicyclic) bond motifs is 1. The summed E-state index contributed by atoms with van der Waals surface area (Å²) < 4.78 is 2.52. The molecule has 0 unspecified atom stereocenters. The monoisotopic (exact) mass is 351 g/mol. The highest BCUT2D eigenvalue weighted by Crippen LogP contribution is 2.23. The first kappa shape index (κ1) is 15.1. The van der Waals surface area contributed by atoms with E-state index in [2.05, 4.69) is 27.0 Å². The van der Waals surface area contributed by atoms with Crippen LogP contribution in [-0.2, 0) is 6.54 Å². The topological polar surface area (TPSA) is 58.7 Å². The van der Waals surface area contributed by atoms with Gasteiger partial charge in [0.2, 0.25) is 0 Å². The van der Waals surface area contributed by atoms with Crippen molar-refractivity contribution in [3.8, 4) is 6.07 Å². The summed E-state index contributed by atoms with van der Waals surface area (Å²) in [6.07, 6.45) is 0.843. The molecule has 0 saturated heterocycles. The molecular formula is C14H14BrN3OS. The van der Waals surface area contributed by atoms with E-state index in [9.17, 15) is 4.79 Å². The Kier molecular flexibility index (Phi) is 4.84. The van der Waals surface area contributed by atoms with Crippen LogP contribution in [0.4, 0.5) is 0 Å². The van der Waals surface area contributed by atoms with E-state index < -0.39 is 0 Å². The van der Waals surface area contributed by atoms with E-state index >= 15 is 0 Å². The molecule has 0 aliphatic heterocycles. The largest absolute Gasteiger partial charge is 0.287 e. The van der Waals surface area contributed by atoms with Crippen LogP contribution in [-0.4, -0.2) is 14.8 Å². The number of rotatable bonds is 4. The van der Waals surface area contributed by atoms with Gasteiger partial charge in [-0.15, -0.1) is 0 Å². The maximum Gasteiger partial charge on any atom is 0.262 e. The van der Waals surface area contributed by atoms with Crippen molar-refractivity contribution in [2.24, 2.45) is 0 Å². The van der Waals surface area contributed by atoms with Gasteiger partial charge in [-0.05, 0) is 31.5 Å². The first-order chi connectivity index (χ1) is 9.56. The van der Waals surface area contributed by atoms with Crippen LogP contribution in [0.2, 0.25) is 0 Å². The van der Waals surface area contributed by atoms with Gasteiger partial charge in [0, 0.05) is 11.0 Å². The summed E-state index contributed by atoms with van der Waals surface area (Å²) in [7, 11) is 0. The number of thioether (sulfide) groups is 1. The first-order valence-corrected chi connectivity index (χ1v) is 8.00. The molecule has 20 heavy (non-hydrogen) atoms. The lowest BCUT2D eigenvalue weighted by molar-refractivity contribution is 0.584. The molecule has 0 bridgehead atoms. The molecule has 1 atom stereocenters. The molecule has 2 aromatic rings. The van der Waals surface area contributed by atoms with E-state index in [4.69, 9.17) is 5.26 Å². The third-order valence-corrected chi connectivity index (χ3v) is 4.27. The third kappa shape index (κ3) is 3.05. The van der Waals surface area contributed by atoms with Crippen molar-refractivity contribution in [3.05, 3.63) is 33.0 Å². The Morgan fingerprint density at radius 3 is 2.95 bits per heavy atom. The Balaban J connectivity index is 2.67. The van der Waals surface area contributed by atoms with Gasteiger partial charge in [0.25, 0.3) is 5.56 Å². The Labute approximate surface area is 129 Å². The molecule has 0 spiro atoms. The molecule has 4 nitrogen and oxygen atoms in total. The fourth-order valence-corrected chi connectivity index (χ4v) is 3.05. The Morgan fingerprint density at radius 1 is 1.55 bits per heavy atom. The minimum Gasteiger partial charge on any atom is -0.287 e. The lowest BCUT2D eigenvalue weighted by Gasteiger charge is -2.13. The van der Waals surface area contributed by atoms with Gasteiger partial charge in [-0.2, -0.15) is 5.26 Å². The fourth-order valence-electron chi connectivity index (χ4n) is 1.87. The van der Waals surface area contributed by atoms with Gasteiger partial charge in [0.05, 0.1) is 22.2 Å². The second-order valence-electron chi connectivity index (χ2n) is 4.40. The fraction of sp³-hybridized carbons (Fsp3) is 0.357. The van der Waals surface area contributed by atoms with Crippen LogP contribution in [0.25, 0.3) is 10.9 Å². The first-order valence-electron chi connectivity index (χ1n) is 6.33. The van der Waals surface area contributed by atoms with Crippen LogP contribution in [0.5, 0.6) is 0 Å². The maximum atomic E-state index is 12.6. The smallest absolute Gasteiger partial charge is 0.262 e. The second-order valence-corrected chi connectivity index (χ2v) is 6.63. The molecule has 104 valence electrons. The molecule has 2 rings (SSSR count). The quantitative estimate of drug-likeness (QED) is 0.623. The van der Waals surface area contributed by atoms with Crippen LogP contribution in [0, 0.1) is 11.3 Å². The normalized spacial score (nSPS) is 12.3. The third-order valence-electron chi connectivity index (χ3n) is 2.79. The number of benzene rings is 1. The zero-order valence-corrected chi connectivity index (χ0v) is 13.7. The average Bonchev–Trinajstić information content (AvgIpc) is 2.44. The highest BCUT2D eigenvalue weighted by Gasteiger charge is 2.14. The molecule has 0 aliphatic carbocycles. The summed E-state index contributed by atoms with van der Waals surface area (Å²) in [6.45, 7) is 4.42. The number of nitrogens with zero attached hydrogens (tertiary/aromatic N) is 3. The van der Waals surface area contributed by atoms with Gasteiger partial charge in [0.1, 0.15) is 0 Å². The number of aromatic nitrogens is 2. The average molecular weight is 352 g/mol. The van der Waals surface area contributed by atoms with Crippen molar-refractivity contribution in [1.29, 1.82) is 5.26 Å². The zero-order valence-electron chi connectivity index (χ0n) is 11.3. The summed E-state index contributed by atoms with van der Waals surface area (Å²) >= 11 is 4.70. The van der Waals surface area contributed by atoms with Crippen LogP contribution in [0.3, 0.4) is 0 Å². The van der Waals surface area contributed by atoms with Crippen molar-refractivity contribution in [1.82, 2.24) is 9.55 Å².